The van der Waals surface area contributed by atoms with Crippen LogP contribution in [0.1, 0.15) is 11.3 Å². The van der Waals surface area contributed by atoms with E-state index >= 15 is 0 Å². The molecule has 6 heteroatoms. The van der Waals surface area contributed by atoms with Crippen LogP contribution < -0.4 is 5.73 Å². The van der Waals surface area contributed by atoms with Crippen molar-refractivity contribution in [1.82, 2.24) is 3.97 Å². The van der Waals surface area contributed by atoms with Gasteiger partial charge in [-0.1, -0.05) is 133 Å². The molecule has 4 nitrogen and oxygen atoms in total. The van der Waals surface area contributed by atoms with Crippen LogP contribution in [0.25, 0.3) is 85.6 Å². The predicted octanol–water partition coefficient (Wildman–Crippen LogP) is 13.7. The lowest BCUT2D eigenvalue weighted by Gasteiger charge is -2.10. The van der Waals surface area contributed by atoms with E-state index in [9.17, 15) is 0 Å². The molecule has 0 saturated carbocycles. The van der Waals surface area contributed by atoms with Gasteiger partial charge in [0.15, 0.2) is 5.76 Å². The number of hydrogen-bond acceptors (Lipinski definition) is 5. The number of nitrogens with two attached hydrogens (primary N) is 1. The topological polar surface area (TPSA) is 67.9 Å². The Kier molecular flexibility index (Phi) is 7.75. The number of rotatable bonds is 4. The van der Waals surface area contributed by atoms with E-state index in [-0.39, 0.29) is 0 Å². The number of nitrogens with one attached hydrogen (secondary N) is 1. The summed E-state index contributed by atoms with van der Waals surface area (Å²) in [6.07, 6.45) is 2.16. The summed E-state index contributed by atoms with van der Waals surface area (Å²) < 4.78 is 10.9. The molecule has 54 heavy (non-hydrogen) atoms. The van der Waals surface area contributed by atoms with E-state index in [0.29, 0.717) is 22.7 Å². The summed E-state index contributed by atoms with van der Waals surface area (Å²) in [4.78, 5) is 0. The van der Waals surface area contributed by atoms with Crippen molar-refractivity contribution in [2.24, 2.45) is 0 Å². The number of thiophene rings is 1. The second-order valence-electron chi connectivity index (χ2n) is 13.4. The van der Waals surface area contributed by atoms with Gasteiger partial charge in [0.2, 0.25) is 0 Å². The number of anilines is 1. The number of nitrogens with zero attached hydrogens (tertiary/aromatic N) is 1. The largest absolute Gasteiger partial charge is 0.452 e. The standard InChI is InChI=1S/C27H17NS2.C21H16N2O/c1-29-28-22-8-4-2-6-17(22)19-14-13-18-20(27(19)28)12-10-16-11-15-24-26(25(16)18)21-7-3-5-9-23(21)30-24;22-19(21-20(23)17-8-4-5-9-18(17)24-21)16-12-10-15(11-13-16)14-6-2-1-3-7-14/h2-15H,1H3;1-13,22H,23H2. The first-order valence-electron chi connectivity index (χ1n) is 17.8. The highest BCUT2D eigenvalue weighted by atomic mass is 32.2. The number of benzene rings is 8. The summed E-state index contributed by atoms with van der Waals surface area (Å²) >= 11 is 3.67. The molecule has 3 N–H and O–H groups in total. The third-order valence-electron chi connectivity index (χ3n) is 10.4. The van der Waals surface area contributed by atoms with Gasteiger partial charge in [-0.3, -0.25) is 9.38 Å². The molecule has 0 atom stereocenters. The van der Waals surface area contributed by atoms with Crippen LogP contribution in [-0.2, 0) is 0 Å². The summed E-state index contributed by atoms with van der Waals surface area (Å²) in [7, 11) is 0. The van der Waals surface area contributed by atoms with Crippen LogP contribution in [0.2, 0.25) is 0 Å². The lowest BCUT2D eigenvalue weighted by atomic mass is 9.96. The Labute approximate surface area is 319 Å². The van der Waals surface area contributed by atoms with Gasteiger partial charge in [-0.2, -0.15) is 0 Å². The Bertz CT molecular complexity index is 3230. The zero-order chi connectivity index (χ0) is 36.3. The summed E-state index contributed by atoms with van der Waals surface area (Å²) in [6, 6.07) is 57.0. The molecule has 3 heterocycles. The number of hydrogen-bond donors (Lipinski definition) is 2. The molecule has 11 aromatic rings. The highest BCUT2D eigenvalue weighted by Crippen LogP contribution is 2.44. The van der Waals surface area contributed by atoms with Crippen molar-refractivity contribution in [2.75, 3.05) is 12.0 Å². The molecule has 0 saturated heterocycles. The number of fused-ring (bicyclic) bond motifs is 12. The van der Waals surface area contributed by atoms with Gasteiger partial charge in [-0.05, 0) is 69.6 Å². The average Bonchev–Trinajstić information content (AvgIpc) is 3.90. The molecule has 0 aliphatic rings. The molecule has 11 rings (SSSR count). The molecule has 0 amide bonds. The third kappa shape index (κ3) is 5.10. The first-order valence-corrected chi connectivity index (χ1v) is 19.8. The van der Waals surface area contributed by atoms with Gasteiger partial charge in [-0.25, -0.2) is 0 Å². The molecule has 0 aliphatic heterocycles. The molecule has 0 aliphatic carbocycles. The van der Waals surface area contributed by atoms with Gasteiger partial charge in [-0.15, -0.1) is 11.3 Å². The van der Waals surface area contributed by atoms with Gasteiger partial charge in [0.1, 0.15) is 11.3 Å². The number of furan rings is 1. The fraction of sp³-hybridized carbons (Fsp3) is 0.0208. The minimum absolute atomic E-state index is 0.295. The number of para-hydroxylation sites is 2. The maximum atomic E-state index is 8.45. The van der Waals surface area contributed by atoms with E-state index < -0.39 is 0 Å². The maximum Gasteiger partial charge on any atom is 0.176 e. The summed E-state index contributed by atoms with van der Waals surface area (Å²) in [6.45, 7) is 0. The van der Waals surface area contributed by atoms with E-state index in [1.807, 2.05) is 78.1 Å². The van der Waals surface area contributed by atoms with Crippen LogP contribution in [-0.4, -0.2) is 15.9 Å². The van der Waals surface area contributed by atoms with E-state index in [0.717, 1.165) is 22.1 Å². The van der Waals surface area contributed by atoms with Crippen molar-refractivity contribution in [2.45, 2.75) is 0 Å². The van der Waals surface area contributed by atoms with E-state index in [1.54, 1.807) is 11.9 Å². The van der Waals surface area contributed by atoms with Crippen molar-refractivity contribution in [3.8, 4) is 11.1 Å². The second kappa shape index (κ2) is 13.0. The molecule has 0 unspecified atom stereocenters. The molecular weight excluding hydrogens is 699 g/mol. The summed E-state index contributed by atoms with van der Waals surface area (Å²) in [5.41, 5.74) is 13.3. The van der Waals surface area contributed by atoms with Gasteiger partial charge in [0.25, 0.3) is 0 Å². The number of nitrogen functional groups attached to an aromatic ring is 1. The lowest BCUT2D eigenvalue weighted by Crippen LogP contribution is -2.03. The quantitative estimate of drug-likeness (QED) is 0.140. The first-order chi connectivity index (χ1) is 26.6. The average molecular weight is 732 g/mol. The highest BCUT2D eigenvalue weighted by molar-refractivity contribution is 7.97. The fourth-order valence-corrected chi connectivity index (χ4v) is 9.75. The van der Waals surface area contributed by atoms with Gasteiger partial charge < -0.3 is 10.2 Å². The molecule has 258 valence electrons. The Morgan fingerprint density at radius 3 is 2.00 bits per heavy atom. The molecule has 0 fully saturated rings. The second-order valence-corrected chi connectivity index (χ2v) is 15.2. The Morgan fingerprint density at radius 1 is 0.574 bits per heavy atom. The SMILES string of the molecule is CSn1c2ccccc2c2ccc3c(ccc4ccc5sc6ccccc6c5c43)c21.N=C(c1ccc(-c2ccccc2)cc1)c1oc2ccccc2c1N. The minimum atomic E-state index is 0.295. The Balaban J connectivity index is 0.000000137. The lowest BCUT2D eigenvalue weighted by molar-refractivity contribution is 0.606. The number of aromatic nitrogens is 1. The Hall–Kier alpha value is -6.34. The van der Waals surface area contributed by atoms with Crippen LogP contribution >= 0.6 is 23.3 Å². The monoisotopic (exact) mass is 731 g/mol. The van der Waals surface area contributed by atoms with Crippen LogP contribution in [0.5, 0.6) is 0 Å². The predicted molar refractivity (Wildman–Crippen MR) is 235 cm³/mol. The molecule has 0 spiro atoms. The van der Waals surface area contributed by atoms with Crippen molar-refractivity contribution in [3.63, 3.8) is 0 Å². The van der Waals surface area contributed by atoms with E-state index in [4.69, 9.17) is 15.6 Å². The third-order valence-corrected chi connectivity index (χ3v) is 12.3. The molecule has 0 radical (unpaired) electrons. The van der Waals surface area contributed by atoms with Crippen LogP contribution in [0.4, 0.5) is 5.69 Å². The van der Waals surface area contributed by atoms with E-state index in [1.165, 1.54) is 63.5 Å². The molecular formula is C48H33N3OS2. The zero-order valence-electron chi connectivity index (χ0n) is 29.3. The van der Waals surface area contributed by atoms with Gasteiger partial charge in [0, 0.05) is 53.5 Å². The molecule has 0 bridgehead atoms. The van der Waals surface area contributed by atoms with Crippen molar-refractivity contribution < 1.29 is 4.42 Å². The summed E-state index contributed by atoms with van der Waals surface area (Å²) in [5, 5.41) is 20.1. The maximum absolute atomic E-state index is 8.45. The van der Waals surface area contributed by atoms with Crippen LogP contribution in [0, 0.1) is 5.41 Å². The zero-order valence-corrected chi connectivity index (χ0v) is 31.0. The van der Waals surface area contributed by atoms with Crippen molar-refractivity contribution >= 4 is 109 Å². The van der Waals surface area contributed by atoms with E-state index in [2.05, 4.69) is 107 Å². The molecule has 3 aromatic heterocycles. The van der Waals surface area contributed by atoms with Gasteiger partial charge in [0.05, 0.1) is 16.7 Å². The normalized spacial score (nSPS) is 11.6. The van der Waals surface area contributed by atoms with Gasteiger partial charge >= 0.3 is 0 Å². The Morgan fingerprint density at radius 2 is 1.20 bits per heavy atom. The minimum Gasteiger partial charge on any atom is -0.452 e. The molecule has 8 aromatic carbocycles. The first kappa shape index (κ1) is 32.3. The van der Waals surface area contributed by atoms with Crippen LogP contribution in [0.3, 0.4) is 0 Å². The fourth-order valence-electron chi connectivity index (χ4n) is 7.90. The van der Waals surface area contributed by atoms with Crippen molar-refractivity contribution in [1.29, 1.82) is 5.41 Å². The van der Waals surface area contributed by atoms with Crippen LogP contribution in [0.15, 0.2) is 168 Å². The smallest absolute Gasteiger partial charge is 0.176 e. The van der Waals surface area contributed by atoms with Crippen molar-refractivity contribution in [3.05, 3.63) is 175 Å². The highest BCUT2D eigenvalue weighted by Gasteiger charge is 2.18. The summed E-state index contributed by atoms with van der Waals surface area (Å²) in [5.74, 6) is 0.420.